The van der Waals surface area contributed by atoms with Crippen molar-refractivity contribution in [2.45, 2.75) is 94.1 Å². The molecule has 0 aromatic carbocycles. The summed E-state index contributed by atoms with van der Waals surface area (Å²) >= 11 is 0. The highest BCUT2D eigenvalue weighted by Crippen LogP contribution is 2.42. The summed E-state index contributed by atoms with van der Waals surface area (Å²) in [6.07, 6.45) is 9.65. The van der Waals surface area contributed by atoms with Gasteiger partial charge in [-0.2, -0.15) is 0 Å². The van der Waals surface area contributed by atoms with Crippen LogP contribution in [0.1, 0.15) is 64.2 Å². The summed E-state index contributed by atoms with van der Waals surface area (Å²) in [5, 5.41) is 10.7. The molecule has 5 heteroatoms. The summed E-state index contributed by atoms with van der Waals surface area (Å²) in [7, 11) is 0. The van der Waals surface area contributed by atoms with Gasteiger partial charge in [0.25, 0.3) is 0 Å². The molecule has 0 bridgehead atoms. The molecule has 4 aliphatic rings. The van der Waals surface area contributed by atoms with E-state index in [1.165, 1.54) is 12.8 Å². The fraction of sp³-hybridized carbons (Fsp3) is 1.00. The van der Waals surface area contributed by atoms with Crippen LogP contribution in [0, 0.1) is 0 Å². The highest BCUT2D eigenvalue weighted by Gasteiger charge is 2.50. The Kier molecular flexibility index (Phi) is 4.20. The van der Waals surface area contributed by atoms with E-state index in [4.69, 9.17) is 18.9 Å². The minimum absolute atomic E-state index is 0.287. The zero-order chi connectivity index (χ0) is 15.0. The Hall–Kier alpha value is -0.200. The molecule has 0 radical (unpaired) electrons. The fourth-order valence-electron chi connectivity index (χ4n) is 4.44. The molecular weight excluding hydrogens is 284 g/mol. The van der Waals surface area contributed by atoms with Crippen molar-refractivity contribution < 1.29 is 24.1 Å². The number of rotatable bonds is 2. The van der Waals surface area contributed by atoms with Crippen LogP contribution in [0.3, 0.4) is 0 Å². The normalized spacial score (nSPS) is 38.6. The molecule has 4 fully saturated rings. The smallest absolute Gasteiger partial charge is 0.169 e. The van der Waals surface area contributed by atoms with E-state index in [2.05, 4.69) is 0 Å². The number of hydrogen-bond acceptors (Lipinski definition) is 5. The van der Waals surface area contributed by atoms with Crippen molar-refractivity contribution in [3.8, 4) is 0 Å². The topological polar surface area (TPSA) is 57.2 Å². The van der Waals surface area contributed by atoms with Gasteiger partial charge in [0.05, 0.1) is 13.2 Å². The third kappa shape index (κ3) is 2.82. The standard InChI is InChI=1S/C17H28O5/c18-15(13-11-19-16(21-13)7-3-1-4-8-16)14-12-20-17(22-14)9-5-2-6-10-17/h13-15,18H,1-12H2. The van der Waals surface area contributed by atoms with Gasteiger partial charge in [-0.1, -0.05) is 12.8 Å². The Labute approximate surface area is 132 Å². The van der Waals surface area contributed by atoms with Gasteiger partial charge in [0.2, 0.25) is 0 Å². The first kappa shape index (κ1) is 15.3. The zero-order valence-corrected chi connectivity index (χ0v) is 13.3. The molecule has 2 saturated carbocycles. The van der Waals surface area contributed by atoms with Crippen LogP contribution in [0.25, 0.3) is 0 Å². The van der Waals surface area contributed by atoms with E-state index in [-0.39, 0.29) is 12.2 Å². The first-order valence-corrected chi connectivity index (χ1v) is 9.02. The van der Waals surface area contributed by atoms with Crippen molar-refractivity contribution in [1.29, 1.82) is 0 Å². The SMILES string of the molecule is OC(C1COC2(CCCCC2)O1)C1COC2(CCCCC2)O1. The molecule has 2 heterocycles. The molecule has 0 amide bonds. The molecule has 2 aliphatic heterocycles. The number of aliphatic hydroxyl groups is 1. The average molecular weight is 312 g/mol. The van der Waals surface area contributed by atoms with E-state index in [1.807, 2.05) is 0 Å². The predicted octanol–water partition coefficient (Wildman–Crippen LogP) is 2.50. The Morgan fingerprint density at radius 1 is 0.682 bits per heavy atom. The second-order valence-corrected chi connectivity index (χ2v) is 7.37. The van der Waals surface area contributed by atoms with Crippen LogP contribution in [0.15, 0.2) is 0 Å². The van der Waals surface area contributed by atoms with Crippen LogP contribution in [-0.4, -0.2) is 48.2 Å². The van der Waals surface area contributed by atoms with Gasteiger partial charge in [-0.3, -0.25) is 0 Å². The van der Waals surface area contributed by atoms with Crippen molar-refractivity contribution in [3.05, 3.63) is 0 Å². The molecule has 5 nitrogen and oxygen atoms in total. The number of ether oxygens (including phenoxy) is 4. The summed E-state index contributed by atoms with van der Waals surface area (Å²) in [5.41, 5.74) is 0. The average Bonchev–Trinajstić information content (AvgIpc) is 3.14. The van der Waals surface area contributed by atoms with Gasteiger partial charge >= 0.3 is 0 Å². The molecule has 2 unspecified atom stereocenters. The molecule has 4 rings (SSSR count). The lowest BCUT2D eigenvalue weighted by Gasteiger charge is -2.34. The predicted molar refractivity (Wildman–Crippen MR) is 79.3 cm³/mol. The van der Waals surface area contributed by atoms with E-state index in [0.717, 1.165) is 51.4 Å². The molecule has 126 valence electrons. The minimum Gasteiger partial charge on any atom is -0.388 e. The van der Waals surface area contributed by atoms with Crippen molar-refractivity contribution in [3.63, 3.8) is 0 Å². The van der Waals surface area contributed by atoms with E-state index in [0.29, 0.717) is 13.2 Å². The Morgan fingerprint density at radius 3 is 1.50 bits per heavy atom. The molecule has 2 aliphatic carbocycles. The molecule has 1 N–H and O–H groups in total. The highest BCUT2D eigenvalue weighted by molar-refractivity contribution is 4.92. The van der Waals surface area contributed by atoms with E-state index in [9.17, 15) is 5.11 Å². The summed E-state index contributed by atoms with van der Waals surface area (Å²) in [5.74, 6) is -0.877. The highest BCUT2D eigenvalue weighted by atomic mass is 16.8. The number of hydrogen-bond donors (Lipinski definition) is 1. The van der Waals surface area contributed by atoms with Gasteiger partial charge in [-0.25, -0.2) is 0 Å². The van der Waals surface area contributed by atoms with E-state index >= 15 is 0 Å². The van der Waals surface area contributed by atoms with Crippen LogP contribution in [-0.2, 0) is 18.9 Å². The van der Waals surface area contributed by atoms with Crippen LogP contribution < -0.4 is 0 Å². The third-order valence-electron chi connectivity index (χ3n) is 5.75. The first-order valence-electron chi connectivity index (χ1n) is 9.02. The van der Waals surface area contributed by atoms with E-state index in [1.54, 1.807) is 0 Å². The van der Waals surface area contributed by atoms with Gasteiger partial charge in [-0.15, -0.1) is 0 Å². The van der Waals surface area contributed by atoms with E-state index < -0.39 is 17.7 Å². The third-order valence-corrected chi connectivity index (χ3v) is 5.75. The molecular formula is C17H28O5. The van der Waals surface area contributed by atoms with Crippen molar-refractivity contribution in [2.75, 3.05) is 13.2 Å². The largest absolute Gasteiger partial charge is 0.388 e. The molecule has 22 heavy (non-hydrogen) atoms. The lowest BCUT2D eigenvalue weighted by atomic mass is 9.94. The van der Waals surface area contributed by atoms with Crippen LogP contribution in [0.2, 0.25) is 0 Å². The summed E-state index contributed by atoms with van der Waals surface area (Å²) in [6.45, 7) is 0.933. The van der Waals surface area contributed by atoms with Gasteiger partial charge in [0, 0.05) is 25.7 Å². The van der Waals surface area contributed by atoms with Crippen LogP contribution in [0.5, 0.6) is 0 Å². The Morgan fingerprint density at radius 2 is 1.09 bits per heavy atom. The van der Waals surface area contributed by atoms with Gasteiger partial charge in [0.1, 0.15) is 18.3 Å². The van der Waals surface area contributed by atoms with Gasteiger partial charge in [-0.05, 0) is 25.7 Å². The molecule has 0 aromatic rings. The maximum Gasteiger partial charge on any atom is 0.169 e. The fourth-order valence-corrected chi connectivity index (χ4v) is 4.44. The zero-order valence-electron chi connectivity index (χ0n) is 13.3. The van der Waals surface area contributed by atoms with Gasteiger partial charge < -0.3 is 24.1 Å². The summed E-state index contributed by atoms with van der Waals surface area (Å²) in [6, 6.07) is 0. The maximum absolute atomic E-state index is 10.7. The summed E-state index contributed by atoms with van der Waals surface area (Å²) < 4.78 is 24.1. The van der Waals surface area contributed by atoms with Crippen molar-refractivity contribution >= 4 is 0 Å². The lowest BCUT2D eigenvalue weighted by Crippen LogP contribution is -2.43. The monoisotopic (exact) mass is 312 g/mol. The van der Waals surface area contributed by atoms with Crippen molar-refractivity contribution in [2.24, 2.45) is 0 Å². The molecule has 2 spiro atoms. The molecule has 0 aromatic heterocycles. The molecule has 2 atom stereocenters. The molecule has 2 saturated heterocycles. The van der Waals surface area contributed by atoms with Gasteiger partial charge in [0.15, 0.2) is 11.6 Å². The number of aliphatic hydroxyl groups excluding tert-OH is 1. The first-order chi connectivity index (χ1) is 10.7. The minimum atomic E-state index is -0.664. The quantitative estimate of drug-likeness (QED) is 0.849. The van der Waals surface area contributed by atoms with Crippen LogP contribution >= 0.6 is 0 Å². The van der Waals surface area contributed by atoms with Crippen molar-refractivity contribution in [1.82, 2.24) is 0 Å². The van der Waals surface area contributed by atoms with Crippen LogP contribution in [0.4, 0.5) is 0 Å². The Balaban J connectivity index is 1.35. The summed E-state index contributed by atoms with van der Waals surface area (Å²) in [4.78, 5) is 0. The second kappa shape index (κ2) is 6.02. The second-order valence-electron chi connectivity index (χ2n) is 7.37. The Bertz CT molecular complexity index is 351. The lowest BCUT2D eigenvalue weighted by molar-refractivity contribution is -0.216. The maximum atomic E-state index is 10.7.